The number of hydrogen-bond donors (Lipinski definition) is 0. The summed E-state index contributed by atoms with van der Waals surface area (Å²) in [6, 6.07) is 0. The SMILES string of the molecule is C=CCC1(C(=O)OC)CCCCC/C=C\1O[Si](C)(C)C(C)(C)C. The normalized spacial score (nSPS) is 25.6. The van der Waals surface area contributed by atoms with Crippen LogP contribution in [0.2, 0.25) is 18.1 Å². The molecule has 1 aliphatic carbocycles. The lowest BCUT2D eigenvalue weighted by atomic mass is 9.76. The number of carbonyl (C=O) groups is 1. The van der Waals surface area contributed by atoms with E-state index in [-0.39, 0.29) is 11.0 Å². The van der Waals surface area contributed by atoms with E-state index >= 15 is 0 Å². The molecule has 4 heteroatoms. The van der Waals surface area contributed by atoms with Crippen molar-refractivity contribution in [2.75, 3.05) is 7.11 Å². The Morgan fingerprint density at radius 2 is 2.00 bits per heavy atom. The zero-order valence-corrected chi connectivity index (χ0v) is 16.8. The summed E-state index contributed by atoms with van der Waals surface area (Å²) in [4.78, 5) is 12.7. The van der Waals surface area contributed by atoms with E-state index in [1.165, 1.54) is 7.11 Å². The molecule has 132 valence electrons. The van der Waals surface area contributed by atoms with Gasteiger partial charge in [-0.25, -0.2) is 0 Å². The van der Waals surface area contributed by atoms with Crippen LogP contribution in [0.5, 0.6) is 0 Å². The van der Waals surface area contributed by atoms with Gasteiger partial charge in [-0.2, -0.15) is 0 Å². The average molecular weight is 339 g/mol. The van der Waals surface area contributed by atoms with Crippen LogP contribution >= 0.6 is 0 Å². The molecule has 0 aromatic rings. The zero-order valence-electron chi connectivity index (χ0n) is 15.8. The van der Waals surface area contributed by atoms with E-state index in [4.69, 9.17) is 9.16 Å². The highest BCUT2D eigenvalue weighted by atomic mass is 28.4. The number of esters is 1. The summed E-state index contributed by atoms with van der Waals surface area (Å²) in [5.41, 5.74) is -0.702. The first-order chi connectivity index (χ1) is 10.6. The maximum absolute atomic E-state index is 12.7. The van der Waals surface area contributed by atoms with Gasteiger partial charge in [0.1, 0.15) is 5.41 Å². The first-order valence-electron chi connectivity index (χ1n) is 8.70. The Hall–Kier alpha value is -1.03. The molecule has 0 heterocycles. The fraction of sp³-hybridized carbons (Fsp3) is 0.737. The van der Waals surface area contributed by atoms with Crippen LogP contribution in [-0.2, 0) is 14.0 Å². The predicted octanol–water partition coefficient (Wildman–Crippen LogP) is 5.59. The molecule has 1 rings (SSSR count). The van der Waals surface area contributed by atoms with Gasteiger partial charge in [0.2, 0.25) is 8.32 Å². The van der Waals surface area contributed by atoms with Crippen LogP contribution in [0.25, 0.3) is 0 Å². The molecule has 0 spiro atoms. The van der Waals surface area contributed by atoms with Gasteiger partial charge in [0.25, 0.3) is 0 Å². The maximum Gasteiger partial charge on any atom is 0.319 e. The van der Waals surface area contributed by atoms with Gasteiger partial charge in [-0.05, 0) is 49.9 Å². The molecule has 0 saturated carbocycles. The first kappa shape index (κ1) is 20.0. The van der Waals surface area contributed by atoms with Crippen molar-refractivity contribution in [2.24, 2.45) is 5.41 Å². The molecule has 23 heavy (non-hydrogen) atoms. The Morgan fingerprint density at radius 3 is 2.52 bits per heavy atom. The predicted molar refractivity (Wildman–Crippen MR) is 98.7 cm³/mol. The molecular weight excluding hydrogens is 304 g/mol. The molecule has 0 aromatic carbocycles. The van der Waals surface area contributed by atoms with Crippen LogP contribution in [-0.4, -0.2) is 21.4 Å². The lowest BCUT2D eigenvalue weighted by Gasteiger charge is -2.42. The lowest BCUT2D eigenvalue weighted by Crippen LogP contribution is -2.45. The van der Waals surface area contributed by atoms with Gasteiger partial charge >= 0.3 is 5.97 Å². The molecule has 0 bridgehead atoms. The van der Waals surface area contributed by atoms with Crippen molar-refractivity contribution in [1.82, 2.24) is 0 Å². The van der Waals surface area contributed by atoms with Gasteiger partial charge in [-0.15, -0.1) is 6.58 Å². The number of ether oxygens (including phenoxy) is 1. The van der Waals surface area contributed by atoms with Crippen molar-refractivity contribution in [3.63, 3.8) is 0 Å². The standard InChI is InChI=1S/C19H34O3Si/c1-8-14-19(17(20)21-5)15-12-10-9-11-13-16(19)22-23(6,7)18(2,3)4/h8,13H,1,9-12,14-15H2,2-7H3/b16-13+. The Balaban J connectivity index is 3.32. The molecule has 0 saturated heterocycles. The molecule has 0 aliphatic heterocycles. The minimum absolute atomic E-state index is 0.0895. The highest BCUT2D eigenvalue weighted by Crippen LogP contribution is 2.46. The van der Waals surface area contributed by atoms with Gasteiger partial charge in [-0.1, -0.05) is 39.7 Å². The van der Waals surface area contributed by atoms with Gasteiger partial charge < -0.3 is 9.16 Å². The smallest absolute Gasteiger partial charge is 0.319 e. The van der Waals surface area contributed by atoms with Gasteiger partial charge in [0, 0.05) is 0 Å². The van der Waals surface area contributed by atoms with Crippen LogP contribution in [0.4, 0.5) is 0 Å². The van der Waals surface area contributed by atoms with Gasteiger partial charge in [0.05, 0.1) is 12.9 Å². The minimum atomic E-state index is -2.02. The second kappa shape index (κ2) is 7.69. The summed E-state index contributed by atoms with van der Waals surface area (Å²) in [6.07, 6.45) is 9.56. The summed E-state index contributed by atoms with van der Waals surface area (Å²) in [5.74, 6) is 0.639. The highest BCUT2D eigenvalue weighted by molar-refractivity contribution is 6.74. The molecular formula is C19H34O3Si. The quantitative estimate of drug-likeness (QED) is 0.372. The Kier molecular flexibility index (Phi) is 6.69. The third-order valence-corrected chi connectivity index (χ3v) is 9.69. The molecule has 0 fully saturated rings. The van der Waals surface area contributed by atoms with E-state index in [1.54, 1.807) is 0 Å². The lowest BCUT2D eigenvalue weighted by molar-refractivity contribution is -0.152. The number of allylic oxidation sites excluding steroid dienone is 2. The van der Waals surface area contributed by atoms with Crippen molar-refractivity contribution >= 4 is 14.3 Å². The molecule has 0 radical (unpaired) electrons. The van der Waals surface area contributed by atoms with Crippen LogP contribution in [0.3, 0.4) is 0 Å². The van der Waals surface area contributed by atoms with Crippen LogP contribution in [0.15, 0.2) is 24.5 Å². The van der Waals surface area contributed by atoms with E-state index in [0.29, 0.717) is 6.42 Å². The van der Waals surface area contributed by atoms with E-state index in [1.807, 2.05) is 6.08 Å². The fourth-order valence-corrected chi connectivity index (χ4v) is 3.93. The number of methoxy groups -OCH3 is 1. The zero-order chi connectivity index (χ0) is 17.7. The largest absolute Gasteiger partial charge is 0.546 e. The number of rotatable bonds is 5. The molecule has 1 aliphatic rings. The molecule has 0 N–H and O–H groups in total. The van der Waals surface area contributed by atoms with Crippen LogP contribution in [0, 0.1) is 5.41 Å². The molecule has 1 atom stereocenters. The number of carbonyl (C=O) groups excluding carboxylic acids is 1. The van der Waals surface area contributed by atoms with Crippen LogP contribution in [0.1, 0.15) is 59.3 Å². The van der Waals surface area contributed by atoms with E-state index in [2.05, 4.69) is 46.5 Å². The maximum atomic E-state index is 12.7. The van der Waals surface area contributed by atoms with Crippen molar-refractivity contribution < 1.29 is 14.0 Å². The summed E-state index contributed by atoms with van der Waals surface area (Å²) in [7, 11) is -0.550. The summed E-state index contributed by atoms with van der Waals surface area (Å²) in [6.45, 7) is 15.0. The molecule has 0 amide bonds. The molecule has 3 nitrogen and oxygen atoms in total. The summed E-state index contributed by atoms with van der Waals surface area (Å²) < 4.78 is 11.8. The Bertz CT molecular complexity index is 460. The van der Waals surface area contributed by atoms with Crippen molar-refractivity contribution in [2.45, 2.75) is 77.4 Å². The summed E-state index contributed by atoms with van der Waals surface area (Å²) in [5, 5.41) is 0.0895. The van der Waals surface area contributed by atoms with E-state index in [9.17, 15) is 4.79 Å². The van der Waals surface area contributed by atoms with Crippen LogP contribution < -0.4 is 0 Å². The third kappa shape index (κ3) is 4.49. The molecule has 1 unspecified atom stereocenters. The van der Waals surface area contributed by atoms with Crippen molar-refractivity contribution in [3.8, 4) is 0 Å². The Morgan fingerprint density at radius 1 is 1.35 bits per heavy atom. The van der Waals surface area contributed by atoms with E-state index in [0.717, 1.165) is 37.9 Å². The molecule has 0 aromatic heterocycles. The summed E-state index contributed by atoms with van der Waals surface area (Å²) >= 11 is 0. The highest BCUT2D eigenvalue weighted by Gasteiger charge is 2.48. The first-order valence-corrected chi connectivity index (χ1v) is 11.6. The number of hydrogen-bond acceptors (Lipinski definition) is 3. The van der Waals surface area contributed by atoms with Gasteiger partial charge in [-0.3, -0.25) is 4.79 Å². The fourth-order valence-electron chi connectivity index (χ4n) is 2.80. The third-order valence-electron chi connectivity index (χ3n) is 5.35. The topological polar surface area (TPSA) is 35.5 Å². The average Bonchev–Trinajstić information content (AvgIpc) is 2.43. The second-order valence-corrected chi connectivity index (χ2v) is 12.8. The van der Waals surface area contributed by atoms with Gasteiger partial charge in [0.15, 0.2) is 0 Å². The Labute approximate surface area is 143 Å². The minimum Gasteiger partial charge on any atom is -0.546 e. The second-order valence-electron chi connectivity index (χ2n) is 8.10. The monoisotopic (exact) mass is 338 g/mol. The van der Waals surface area contributed by atoms with Crippen molar-refractivity contribution in [3.05, 3.63) is 24.5 Å². The van der Waals surface area contributed by atoms with Crippen molar-refractivity contribution in [1.29, 1.82) is 0 Å². The van der Waals surface area contributed by atoms with E-state index < -0.39 is 13.7 Å².